The molecule has 0 fully saturated rings. The Labute approximate surface area is 130 Å². The van der Waals surface area contributed by atoms with E-state index < -0.39 is 5.97 Å². The first-order chi connectivity index (χ1) is 10.6. The van der Waals surface area contributed by atoms with Gasteiger partial charge in [-0.25, -0.2) is 14.5 Å². The predicted octanol–water partition coefficient (Wildman–Crippen LogP) is 3.24. The van der Waals surface area contributed by atoms with Crippen LogP contribution in [0.3, 0.4) is 0 Å². The van der Waals surface area contributed by atoms with Crippen molar-refractivity contribution in [2.45, 2.75) is 13.8 Å². The molecule has 22 heavy (non-hydrogen) atoms. The van der Waals surface area contributed by atoms with Crippen LogP contribution in [0.1, 0.15) is 29.2 Å². The lowest BCUT2D eigenvalue weighted by Crippen LogP contribution is -1.99. The molecule has 0 aliphatic heterocycles. The third-order valence-corrected chi connectivity index (χ3v) is 4.10. The number of nitrogens with zero attached hydrogens (tertiary/aromatic N) is 4. The molecular formula is C15H14N4O2S. The fraction of sp³-hybridized carbons (Fsp3) is 0.200. The van der Waals surface area contributed by atoms with E-state index >= 15 is 0 Å². The lowest BCUT2D eigenvalue weighted by Gasteiger charge is -1.98. The summed E-state index contributed by atoms with van der Waals surface area (Å²) in [5.74, 6) is 0.00969. The second-order valence-electron chi connectivity index (χ2n) is 5.10. The molecule has 0 radical (unpaired) electrons. The van der Waals surface area contributed by atoms with Crippen molar-refractivity contribution in [1.29, 1.82) is 0 Å². The van der Waals surface area contributed by atoms with Gasteiger partial charge in [0.05, 0.1) is 11.9 Å². The molecular weight excluding hydrogens is 300 g/mol. The number of carbonyl (C=O) groups is 1. The number of rotatable bonds is 4. The molecule has 0 amide bonds. The molecule has 3 rings (SSSR count). The molecule has 0 unspecified atom stereocenters. The van der Waals surface area contributed by atoms with Gasteiger partial charge in [-0.2, -0.15) is 5.10 Å². The van der Waals surface area contributed by atoms with Crippen LogP contribution in [0.25, 0.3) is 22.1 Å². The summed E-state index contributed by atoms with van der Waals surface area (Å²) in [6, 6.07) is 1.65. The zero-order chi connectivity index (χ0) is 15.7. The van der Waals surface area contributed by atoms with E-state index in [0.29, 0.717) is 11.7 Å². The average Bonchev–Trinajstić information content (AvgIpc) is 3.05. The number of fused-ring (bicyclic) bond motifs is 1. The molecule has 0 aromatic carbocycles. The third kappa shape index (κ3) is 2.62. The first-order valence-electron chi connectivity index (χ1n) is 6.76. The van der Waals surface area contributed by atoms with Gasteiger partial charge in [-0.05, 0) is 18.1 Å². The van der Waals surface area contributed by atoms with Gasteiger partial charge in [-0.1, -0.05) is 19.9 Å². The smallest absolute Gasteiger partial charge is 0.345 e. The molecule has 0 saturated carbocycles. The monoisotopic (exact) mass is 314 g/mol. The zero-order valence-corrected chi connectivity index (χ0v) is 12.9. The Bertz CT molecular complexity index is 849. The fourth-order valence-corrected chi connectivity index (χ4v) is 2.96. The van der Waals surface area contributed by atoms with E-state index in [-0.39, 0.29) is 4.88 Å². The normalized spacial score (nSPS) is 11.8. The van der Waals surface area contributed by atoms with Gasteiger partial charge in [0.2, 0.25) is 0 Å². The van der Waals surface area contributed by atoms with Crippen molar-refractivity contribution in [3.05, 3.63) is 41.3 Å². The Balaban J connectivity index is 2.21. The van der Waals surface area contributed by atoms with E-state index in [1.165, 1.54) is 11.3 Å². The zero-order valence-electron chi connectivity index (χ0n) is 12.1. The Hall–Kier alpha value is -2.54. The van der Waals surface area contributed by atoms with Gasteiger partial charge in [0.15, 0.2) is 5.82 Å². The number of hydrogen-bond donors (Lipinski definition) is 1. The maximum atomic E-state index is 11.2. The van der Waals surface area contributed by atoms with Crippen LogP contribution < -0.4 is 0 Å². The van der Waals surface area contributed by atoms with E-state index in [9.17, 15) is 9.90 Å². The van der Waals surface area contributed by atoms with Crippen LogP contribution in [0.5, 0.6) is 0 Å². The van der Waals surface area contributed by atoms with Crippen LogP contribution in [0.2, 0.25) is 0 Å². The Morgan fingerprint density at radius 1 is 1.41 bits per heavy atom. The molecule has 112 valence electrons. The van der Waals surface area contributed by atoms with Gasteiger partial charge in [-0.3, -0.25) is 4.98 Å². The molecule has 1 N–H and O–H groups in total. The summed E-state index contributed by atoms with van der Waals surface area (Å²) in [6.45, 7) is 4.15. The van der Waals surface area contributed by atoms with E-state index in [0.717, 1.165) is 15.9 Å². The van der Waals surface area contributed by atoms with Crippen molar-refractivity contribution >= 4 is 33.6 Å². The first kappa shape index (κ1) is 14.4. The second-order valence-corrected chi connectivity index (χ2v) is 6.13. The highest BCUT2D eigenvalue weighted by molar-refractivity contribution is 7.20. The van der Waals surface area contributed by atoms with E-state index in [1.54, 1.807) is 29.3 Å². The van der Waals surface area contributed by atoms with Crippen LogP contribution in [0, 0.1) is 5.92 Å². The Kier molecular flexibility index (Phi) is 3.72. The summed E-state index contributed by atoms with van der Waals surface area (Å²) in [5.41, 5.74) is 0.734. The summed E-state index contributed by atoms with van der Waals surface area (Å²) < 4.78 is 1.64. The van der Waals surface area contributed by atoms with Crippen molar-refractivity contribution in [3.63, 3.8) is 0 Å². The highest BCUT2D eigenvalue weighted by atomic mass is 32.1. The third-order valence-electron chi connectivity index (χ3n) is 3.00. The Morgan fingerprint density at radius 3 is 2.86 bits per heavy atom. The number of thiophene rings is 1. The van der Waals surface area contributed by atoms with Crippen molar-refractivity contribution in [2.75, 3.05) is 0 Å². The molecule has 0 aliphatic rings. The molecule has 0 bridgehead atoms. The van der Waals surface area contributed by atoms with Gasteiger partial charge >= 0.3 is 5.97 Å². The molecule has 0 aliphatic carbocycles. The molecule has 3 aromatic rings. The molecule has 0 atom stereocenters. The number of aromatic carboxylic acids is 1. The largest absolute Gasteiger partial charge is 0.477 e. The summed E-state index contributed by atoms with van der Waals surface area (Å²) in [7, 11) is 0. The van der Waals surface area contributed by atoms with Crippen LogP contribution in [0.15, 0.2) is 30.7 Å². The topological polar surface area (TPSA) is 80.9 Å². The number of allylic oxidation sites excluding steroid dienone is 1. The highest BCUT2D eigenvalue weighted by Gasteiger charge is 2.17. The van der Waals surface area contributed by atoms with Crippen molar-refractivity contribution in [2.24, 2.45) is 5.92 Å². The standard InChI is InChI=1S/C15H14N4O2S/c1-9(2)3-4-11-10-7-12(15(20)21)22-14(10)19(18-11)13-8-16-5-6-17-13/h3-9H,1-2H3,(H,20,21)/b4-3+. The van der Waals surface area contributed by atoms with Gasteiger partial charge in [0.1, 0.15) is 9.71 Å². The van der Waals surface area contributed by atoms with Crippen molar-refractivity contribution in [3.8, 4) is 5.82 Å². The van der Waals surface area contributed by atoms with Gasteiger partial charge in [0.25, 0.3) is 0 Å². The predicted molar refractivity (Wildman–Crippen MR) is 85.4 cm³/mol. The van der Waals surface area contributed by atoms with Crippen LogP contribution in [-0.2, 0) is 0 Å². The molecule has 3 heterocycles. The van der Waals surface area contributed by atoms with Gasteiger partial charge in [-0.15, -0.1) is 11.3 Å². The maximum absolute atomic E-state index is 11.2. The quantitative estimate of drug-likeness (QED) is 0.799. The van der Waals surface area contributed by atoms with E-state index in [1.807, 2.05) is 12.2 Å². The SMILES string of the molecule is CC(C)/C=C/c1nn(-c2cnccn2)c2sc(C(=O)O)cc12. The minimum atomic E-state index is -0.939. The van der Waals surface area contributed by atoms with E-state index in [2.05, 4.69) is 28.9 Å². The lowest BCUT2D eigenvalue weighted by molar-refractivity contribution is 0.0702. The van der Waals surface area contributed by atoms with Gasteiger partial charge < -0.3 is 5.11 Å². The minimum absolute atomic E-state index is 0.282. The van der Waals surface area contributed by atoms with Crippen LogP contribution in [-0.4, -0.2) is 30.8 Å². The van der Waals surface area contributed by atoms with E-state index in [4.69, 9.17) is 0 Å². The first-order valence-corrected chi connectivity index (χ1v) is 7.58. The van der Waals surface area contributed by atoms with Gasteiger partial charge in [0, 0.05) is 17.8 Å². The number of carboxylic acids is 1. The van der Waals surface area contributed by atoms with Crippen LogP contribution in [0.4, 0.5) is 0 Å². The maximum Gasteiger partial charge on any atom is 0.345 e. The molecule has 6 nitrogen and oxygen atoms in total. The molecule has 3 aromatic heterocycles. The summed E-state index contributed by atoms with van der Waals surface area (Å²) in [5, 5.41) is 14.6. The number of carboxylic acid groups (broad SMARTS) is 1. The minimum Gasteiger partial charge on any atom is -0.477 e. The number of hydrogen-bond acceptors (Lipinski definition) is 5. The summed E-state index contributed by atoms with van der Waals surface area (Å²) in [6.07, 6.45) is 8.71. The summed E-state index contributed by atoms with van der Waals surface area (Å²) in [4.78, 5) is 20.5. The average molecular weight is 314 g/mol. The molecule has 0 saturated heterocycles. The fourth-order valence-electron chi connectivity index (χ4n) is 2.00. The van der Waals surface area contributed by atoms with Crippen molar-refractivity contribution in [1.82, 2.24) is 19.7 Å². The summed E-state index contributed by atoms with van der Waals surface area (Å²) >= 11 is 1.18. The second kappa shape index (κ2) is 5.69. The van der Waals surface area contributed by atoms with Crippen molar-refractivity contribution < 1.29 is 9.90 Å². The molecule has 0 spiro atoms. The lowest BCUT2D eigenvalue weighted by atomic mass is 10.2. The Morgan fingerprint density at radius 2 is 2.23 bits per heavy atom. The molecule has 7 heteroatoms. The highest BCUT2D eigenvalue weighted by Crippen LogP contribution is 2.31. The van der Waals surface area contributed by atoms with Crippen LogP contribution >= 0.6 is 11.3 Å². The number of aromatic nitrogens is 4.